The molecule has 0 saturated heterocycles. The van der Waals surface area contributed by atoms with E-state index in [4.69, 9.17) is 0 Å². The first-order chi connectivity index (χ1) is 9.43. The molecule has 0 fully saturated rings. The first-order valence-corrected chi connectivity index (χ1v) is 8.67. The van der Waals surface area contributed by atoms with Gasteiger partial charge in [-0.15, -0.1) is 3.63 Å². The summed E-state index contributed by atoms with van der Waals surface area (Å²) in [4.78, 5) is 0. The summed E-state index contributed by atoms with van der Waals surface area (Å²) in [6.07, 6.45) is 5.54. The van der Waals surface area contributed by atoms with Gasteiger partial charge in [-0.3, -0.25) is 0 Å². The molecule has 122 valence electrons. The molecule has 1 rings (SSSR count). The zero-order chi connectivity index (χ0) is 16.3. The molecule has 0 amide bonds. The number of hydrogen-bond acceptors (Lipinski definition) is 5. The van der Waals surface area contributed by atoms with Crippen LogP contribution in [0.5, 0.6) is 0 Å². The highest BCUT2D eigenvalue weighted by atomic mass is 32.3. The SMILES string of the molecule is Cn1cc[n+](CCCCS(=O)(=O)OS(=O)(=O)C(F)(F)F)c1. The third-order valence-corrected chi connectivity index (χ3v) is 5.26. The Bertz CT molecular complexity index is 678. The minimum atomic E-state index is -6.14. The highest BCUT2D eigenvalue weighted by Gasteiger charge is 2.50. The van der Waals surface area contributed by atoms with Crippen LogP contribution in [-0.2, 0) is 37.5 Å². The summed E-state index contributed by atoms with van der Waals surface area (Å²) in [6.45, 7) is 0.447. The number of aromatic nitrogens is 2. The highest BCUT2D eigenvalue weighted by molar-refractivity contribution is 8.00. The van der Waals surface area contributed by atoms with Crippen molar-refractivity contribution >= 4 is 20.2 Å². The van der Waals surface area contributed by atoms with Gasteiger partial charge >= 0.3 is 15.6 Å². The van der Waals surface area contributed by atoms with Crippen LogP contribution >= 0.6 is 0 Å². The molecule has 1 heterocycles. The molecule has 21 heavy (non-hydrogen) atoms. The van der Waals surface area contributed by atoms with Gasteiger partial charge in [-0.1, -0.05) is 0 Å². The minimum Gasteiger partial charge on any atom is -0.240 e. The molecule has 1 aromatic heterocycles. The Labute approximate surface area is 120 Å². The van der Waals surface area contributed by atoms with Crippen molar-refractivity contribution in [1.82, 2.24) is 4.57 Å². The van der Waals surface area contributed by atoms with Gasteiger partial charge in [-0.2, -0.15) is 30.0 Å². The Morgan fingerprint density at radius 3 is 2.29 bits per heavy atom. The summed E-state index contributed by atoms with van der Waals surface area (Å²) in [7, 11) is -9.14. The molecule has 1 aromatic rings. The van der Waals surface area contributed by atoms with Crippen LogP contribution < -0.4 is 4.57 Å². The number of aryl methyl sites for hydroxylation is 2. The molecule has 0 atom stereocenters. The molecular formula is C9H14F3N2O5S2+. The average molecular weight is 351 g/mol. The number of imidazole rings is 1. The van der Waals surface area contributed by atoms with Crippen molar-refractivity contribution in [3.8, 4) is 0 Å². The van der Waals surface area contributed by atoms with Gasteiger partial charge in [0, 0.05) is 0 Å². The summed E-state index contributed by atoms with van der Waals surface area (Å²) >= 11 is 0. The second kappa shape index (κ2) is 6.32. The van der Waals surface area contributed by atoms with Gasteiger partial charge in [0.1, 0.15) is 12.4 Å². The maximum atomic E-state index is 12.0. The molecule has 7 nitrogen and oxygen atoms in total. The molecule has 0 N–H and O–H groups in total. The standard InChI is InChI=1S/C9H14F3N2O5S2/c1-13-5-6-14(8-13)4-2-3-7-20(15,16)19-21(17,18)9(10,11)12/h5-6,8H,2-4,7H2,1H3/q+1. The molecule has 0 aliphatic heterocycles. The van der Waals surface area contributed by atoms with E-state index in [1.165, 1.54) is 0 Å². The van der Waals surface area contributed by atoms with Crippen LogP contribution in [0.15, 0.2) is 18.7 Å². The quantitative estimate of drug-likeness (QED) is 0.400. The first kappa shape index (κ1) is 17.9. The maximum Gasteiger partial charge on any atom is 0.524 e. The van der Waals surface area contributed by atoms with Crippen molar-refractivity contribution < 1.29 is 38.2 Å². The number of nitrogens with zero attached hydrogens (tertiary/aromatic N) is 2. The second-order valence-corrected chi connectivity index (χ2v) is 7.69. The smallest absolute Gasteiger partial charge is 0.240 e. The van der Waals surface area contributed by atoms with E-state index in [-0.39, 0.29) is 6.42 Å². The predicted octanol–water partition coefficient (Wildman–Crippen LogP) is 0.289. The third-order valence-electron chi connectivity index (χ3n) is 2.36. The Kier molecular flexibility index (Phi) is 5.39. The van der Waals surface area contributed by atoms with Crippen molar-refractivity contribution in [2.45, 2.75) is 24.9 Å². The van der Waals surface area contributed by atoms with Gasteiger partial charge in [0.15, 0.2) is 0 Å². The lowest BCUT2D eigenvalue weighted by molar-refractivity contribution is -0.696. The van der Waals surface area contributed by atoms with Crippen molar-refractivity contribution in [3.05, 3.63) is 18.7 Å². The zero-order valence-corrected chi connectivity index (χ0v) is 12.6. The van der Waals surface area contributed by atoms with Crippen LogP contribution in [0.25, 0.3) is 0 Å². The fourth-order valence-corrected chi connectivity index (χ4v) is 3.65. The van der Waals surface area contributed by atoms with E-state index in [9.17, 15) is 30.0 Å². The van der Waals surface area contributed by atoms with Crippen LogP contribution in [0.2, 0.25) is 0 Å². The van der Waals surface area contributed by atoms with E-state index >= 15 is 0 Å². The van der Waals surface area contributed by atoms with Crippen LogP contribution in [0.3, 0.4) is 0 Å². The summed E-state index contributed by atoms with van der Waals surface area (Å²) in [5.74, 6) is -0.810. The summed E-state index contributed by atoms with van der Waals surface area (Å²) in [5.41, 5.74) is -5.76. The van der Waals surface area contributed by atoms with E-state index < -0.39 is 31.5 Å². The number of unbranched alkanes of at least 4 members (excludes halogenated alkanes) is 1. The number of rotatable bonds is 7. The van der Waals surface area contributed by atoms with Crippen molar-refractivity contribution in [1.29, 1.82) is 0 Å². The normalized spacial score (nSPS) is 13.5. The third kappa shape index (κ3) is 5.63. The maximum absolute atomic E-state index is 12.0. The van der Waals surface area contributed by atoms with Gasteiger partial charge in [-0.25, -0.2) is 9.13 Å². The topological polar surface area (TPSA) is 86.3 Å². The van der Waals surface area contributed by atoms with Gasteiger partial charge < -0.3 is 0 Å². The molecule has 0 radical (unpaired) electrons. The van der Waals surface area contributed by atoms with Gasteiger partial charge in [-0.05, 0) is 12.8 Å². The van der Waals surface area contributed by atoms with Crippen molar-refractivity contribution in [3.63, 3.8) is 0 Å². The molecule has 0 aromatic carbocycles. The van der Waals surface area contributed by atoms with E-state index in [0.29, 0.717) is 13.0 Å². The van der Waals surface area contributed by atoms with E-state index in [0.717, 1.165) is 0 Å². The molecule has 0 unspecified atom stereocenters. The molecule has 0 saturated carbocycles. The lowest BCUT2D eigenvalue weighted by atomic mass is 10.3. The van der Waals surface area contributed by atoms with Crippen LogP contribution in [-0.4, -0.2) is 32.7 Å². The fraction of sp³-hybridized carbons (Fsp3) is 0.667. The lowest BCUT2D eigenvalue weighted by Gasteiger charge is -2.08. The fourth-order valence-electron chi connectivity index (χ4n) is 1.42. The molecular weight excluding hydrogens is 337 g/mol. The monoisotopic (exact) mass is 351 g/mol. The van der Waals surface area contributed by atoms with Gasteiger partial charge in [0.05, 0.1) is 19.3 Å². The van der Waals surface area contributed by atoms with Crippen molar-refractivity contribution in [2.24, 2.45) is 7.05 Å². The average Bonchev–Trinajstić information content (AvgIpc) is 2.67. The highest BCUT2D eigenvalue weighted by Crippen LogP contribution is 2.26. The number of hydrogen-bond donors (Lipinski definition) is 0. The second-order valence-electron chi connectivity index (χ2n) is 4.25. The largest absolute Gasteiger partial charge is 0.524 e. The van der Waals surface area contributed by atoms with Crippen molar-refractivity contribution in [2.75, 3.05) is 5.75 Å². The van der Waals surface area contributed by atoms with Gasteiger partial charge in [0.25, 0.3) is 10.1 Å². The van der Waals surface area contributed by atoms with Crippen LogP contribution in [0.1, 0.15) is 12.8 Å². The molecule has 0 spiro atoms. The Hall–Kier alpha value is -1.14. The Morgan fingerprint density at radius 1 is 1.19 bits per heavy atom. The summed E-state index contributed by atoms with van der Waals surface area (Å²) in [6, 6.07) is 0. The minimum absolute atomic E-state index is 0.0302. The molecule has 12 heteroatoms. The predicted molar refractivity (Wildman–Crippen MR) is 64.7 cm³/mol. The number of alkyl halides is 3. The van der Waals surface area contributed by atoms with Gasteiger partial charge in [0.2, 0.25) is 6.33 Å². The van der Waals surface area contributed by atoms with Crippen LogP contribution in [0, 0.1) is 0 Å². The first-order valence-electron chi connectivity index (χ1n) is 5.69. The zero-order valence-electron chi connectivity index (χ0n) is 10.9. The van der Waals surface area contributed by atoms with Crippen LogP contribution in [0.4, 0.5) is 13.2 Å². The molecule has 0 aliphatic rings. The Balaban J connectivity index is 2.47. The Morgan fingerprint density at radius 2 is 1.81 bits per heavy atom. The molecule has 0 aliphatic carbocycles. The number of halogens is 3. The van der Waals surface area contributed by atoms with E-state index in [1.54, 1.807) is 34.9 Å². The summed E-state index contributed by atoms with van der Waals surface area (Å²) in [5, 5.41) is 0. The van der Waals surface area contributed by atoms with E-state index in [1.807, 2.05) is 0 Å². The van der Waals surface area contributed by atoms with E-state index in [2.05, 4.69) is 3.63 Å². The summed E-state index contributed by atoms with van der Waals surface area (Å²) < 4.78 is 86.3. The lowest BCUT2D eigenvalue weighted by Crippen LogP contribution is -2.31. The molecule has 0 bridgehead atoms.